The quantitative estimate of drug-likeness (QED) is 0.476. The monoisotopic (exact) mass is 498 g/mol. The Morgan fingerprint density at radius 1 is 1.23 bits per heavy atom. The summed E-state index contributed by atoms with van der Waals surface area (Å²) in [6.45, 7) is 2.62. The Hall–Kier alpha value is -3.18. The second kappa shape index (κ2) is 10.2. The van der Waals surface area contributed by atoms with Crippen molar-refractivity contribution in [2.45, 2.75) is 51.2 Å². The number of halogens is 1. The highest BCUT2D eigenvalue weighted by Gasteiger charge is 2.34. The zero-order chi connectivity index (χ0) is 24.4. The van der Waals surface area contributed by atoms with Gasteiger partial charge in [-0.1, -0.05) is 12.8 Å². The molecule has 1 saturated heterocycles. The van der Waals surface area contributed by atoms with Gasteiger partial charge in [0.25, 0.3) is 5.91 Å². The van der Waals surface area contributed by atoms with E-state index >= 15 is 0 Å². The van der Waals surface area contributed by atoms with Crippen molar-refractivity contribution in [2.24, 2.45) is 5.92 Å². The minimum absolute atomic E-state index is 0.0858. The van der Waals surface area contributed by atoms with Crippen molar-refractivity contribution in [1.82, 2.24) is 25.3 Å². The molecule has 2 atom stereocenters. The number of aromatic nitrogens is 3. The number of amides is 2. The molecule has 0 bridgehead atoms. The van der Waals surface area contributed by atoms with E-state index in [4.69, 9.17) is 4.84 Å². The molecule has 184 valence electrons. The summed E-state index contributed by atoms with van der Waals surface area (Å²) in [5.41, 5.74) is 4.18. The van der Waals surface area contributed by atoms with Crippen molar-refractivity contribution in [1.29, 1.82) is 0 Å². The van der Waals surface area contributed by atoms with Crippen LogP contribution in [0.2, 0.25) is 0 Å². The third-order valence-electron chi connectivity index (χ3n) is 6.55. The number of nitrogens with one attached hydrogen (secondary N) is 2. The zero-order valence-corrected chi connectivity index (χ0v) is 20.2. The summed E-state index contributed by atoms with van der Waals surface area (Å²) in [5, 5.41) is 5.01. The number of carbonyl (C=O) groups is 2. The number of rotatable bonds is 7. The van der Waals surface area contributed by atoms with E-state index in [1.165, 1.54) is 17.4 Å². The molecule has 4 heterocycles. The number of nitrogens with zero attached hydrogens (tertiary/aromatic N) is 4. The molecule has 1 saturated carbocycles. The lowest BCUT2D eigenvalue weighted by molar-refractivity contribution is -0.141. The van der Waals surface area contributed by atoms with Crippen molar-refractivity contribution in [3.05, 3.63) is 47.0 Å². The summed E-state index contributed by atoms with van der Waals surface area (Å²) >= 11 is 1.40. The van der Waals surface area contributed by atoms with E-state index in [0.717, 1.165) is 31.9 Å². The summed E-state index contributed by atoms with van der Waals surface area (Å²) in [6, 6.07) is 2.90. The fourth-order valence-electron chi connectivity index (χ4n) is 4.55. The number of hydroxylamine groups is 1. The van der Waals surface area contributed by atoms with E-state index in [0.29, 0.717) is 41.0 Å². The Balaban J connectivity index is 1.28. The largest absolute Gasteiger partial charge is 0.348 e. The average Bonchev–Trinajstić information content (AvgIpc) is 3.63. The predicted molar refractivity (Wildman–Crippen MR) is 129 cm³/mol. The van der Waals surface area contributed by atoms with Crippen molar-refractivity contribution < 1.29 is 18.8 Å². The average molecular weight is 499 g/mol. The molecule has 1 aliphatic carbocycles. The highest BCUT2D eigenvalue weighted by atomic mass is 32.1. The van der Waals surface area contributed by atoms with Gasteiger partial charge in [0.1, 0.15) is 5.82 Å². The molecule has 35 heavy (non-hydrogen) atoms. The number of thiophene rings is 1. The SMILES string of the molecule is C[C@H](Nc1nc(C(=O)N2CC[C@@H](C(=O)NOC3CCCC3)C2)c2sccc2n1)c1cncc(F)c1. The zero-order valence-electron chi connectivity index (χ0n) is 19.4. The van der Waals surface area contributed by atoms with Crippen molar-refractivity contribution in [3.8, 4) is 0 Å². The number of hydrogen-bond donors (Lipinski definition) is 2. The highest BCUT2D eigenvalue weighted by Crippen LogP contribution is 2.28. The van der Waals surface area contributed by atoms with Gasteiger partial charge in [-0.05, 0) is 49.3 Å². The summed E-state index contributed by atoms with van der Waals surface area (Å²) in [5.74, 6) is -0.901. The first kappa shape index (κ1) is 23.6. The first-order chi connectivity index (χ1) is 17.0. The van der Waals surface area contributed by atoms with E-state index < -0.39 is 5.82 Å². The van der Waals surface area contributed by atoms with Gasteiger partial charge in [0.15, 0.2) is 5.69 Å². The third-order valence-corrected chi connectivity index (χ3v) is 7.46. The fraction of sp³-hybridized carbons (Fsp3) is 0.458. The van der Waals surface area contributed by atoms with Gasteiger partial charge in [-0.3, -0.25) is 19.4 Å². The molecule has 2 fully saturated rings. The molecule has 11 heteroatoms. The Bertz CT molecular complexity index is 1230. The number of carbonyl (C=O) groups excluding carboxylic acids is 2. The van der Waals surface area contributed by atoms with E-state index in [9.17, 15) is 14.0 Å². The van der Waals surface area contributed by atoms with Gasteiger partial charge < -0.3 is 10.2 Å². The number of likely N-dealkylation sites (tertiary alicyclic amines) is 1. The predicted octanol–water partition coefficient (Wildman–Crippen LogP) is 3.85. The minimum Gasteiger partial charge on any atom is -0.348 e. The first-order valence-electron chi connectivity index (χ1n) is 11.8. The van der Waals surface area contributed by atoms with Crippen LogP contribution in [-0.2, 0) is 9.63 Å². The van der Waals surface area contributed by atoms with Crippen LogP contribution in [0.25, 0.3) is 10.2 Å². The van der Waals surface area contributed by atoms with Crippen LogP contribution in [0.15, 0.2) is 29.9 Å². The Morgan fingerprint density at radius 3 is 2.86 bits per heavy atom. The normalized spacial score (nSPS) is 19.3. The topological polar surface area (TPSA) is 109 Å². The summed E-state index contributed by atoms with van der Waals surface area (Å²) < 4.78 is 14.3. The van der Waals surface area contributed by atoms with Crippen LogP contribution in [-0.4, -0.2) is 50.9 Å². The van der Waals surface area contributed by atoms with Crippen LogP contribution in [0.5, 0.6) is 0 Å². The molecule has 5 rings (SSSR count). The van der Waals surface area contributed by atoms with Gasteiger partial charge in [0, 0.05) is 19.3 Å². The van der Waals surface area contributed by atoms with Gasteiger partial charge in [-0.15, -0.1) is 11.3 Å². The molecule has 1 aliphatic heterocycles. The molecule has 0 radical (unpaired) electrons. The van der Waals surface area contributed by atoms with Gasteiger partial charge in [-0.25, -0.2) is 19.8 Å². The Labute approximate surface area is 206 Å². The summed E-state index contributed by atoms with van der Waals surface area (Å²) in [4.78, 5) is 46.1. The second-order valence-corrected chi connectivity index (χ2v) is 9.98. The molecule has 0 spiro atoms. The maximum Gasteiger partial charge on any atom is 0.274 e. The van der Waals surface area contributed by atoms with Crippen LogP contribution in [0.1, 0.15) is 61.1 Å². The maximum atomic E-state index is 13.6. The molecule has 3 aromatic rings. The van der Waals surface area contributed by atoms with Crippen LogP contribution in [0.3, 0.4) is 0 Å². The minimum atomic E-state index is -0.428. The van der Waals surface area contributed by atoms with Crippen molar-refractivity contribution in [2.75, 3.05) is 18.4 Å². The lowest BCUT2D eigenvalue weighted by Gasteiger charge is -2.18. The Morgan fingerprint density at radius 2 is 2.06 bits per heavy atom. The van der Waals surface area contributed by atoms with E-state index in [-0.39, 0.29) is 35.8 Å². The molecule has 0 unspecified atom stereocenters. The lowest BCUT2D eigenvalue weighted by Crippen LogP contribution is -2.36. The maximum absolute atomic E-state index is 13.6. The standard InChI is InChI=1S/C24H27FN6O3S/c1-14(16-10-17(25)12-26-11-16)27-24-28-19-7-9-35-21(19)20(29-24)23(33)31-8-6-15(13-31)22(32)30-34-18-4-2-3-5-18/h7,9-12,14-15,18H,2-6,8,13H2,1H3,(H,30,32)(H,27,28,29)/t14-,15+/m0/s1. The smallest absolute Gasteiger partial charge is 0.274 e. The van der Waals surface area contributed by atoms with Crippen LogP contribution < -0.4 is 10.8 Å². The molecule has 0 aromatic carbocycles. The van der Waals surface area contributed by atoms with Crippen molar-refractivity contribution >= 4 is 39.3 Å². The highest BCUT2D eigenvalue weighted by molar-refractivity contribution is 7.17. The van der Waals surface area contributed by atoms with Gasteiger partial charge in [0.2, 0.25) is 11.9 Å². The first-order valence-corrected chi connectivity index (χ1v) is 12.7. The molecule has 3 aromatic heterocycles. The van der Waals surface area contributed by atoms with Gasteiger partial charge in [0.05, 0.1) is 34.5 Å². The van der Waals surface area contributed by atoms with Crippen LogP contribution >= 0.6 is 11.3 Å². The number of hydrogen-bond acceptors (Lipinski definition) is 8. The van der Waals surface area contributed by atoms with Gasteiger partial charge in [-0.2, -0.15) is 0 Å². The molecule has 9 nitrogen and oxygen atoms in total. The van der Waals surface area contributed by atoms with Crippen molar-refractivity contribution in [3.63, 3.8) is 0 Å². The van der Waals surface area contributed by atoms with Crippen LogP contribution in [0.4, 0.5) is 10.3 Å². The lowest BCUT2D eigenvalue weighted by atomic mass is 10.1. The molecular weight excluding hydrogens is 471 g/mol. The molecule has 2 aliphatic rings. The van der Waals surface area contributed by atoms with E-state index in [2.05, 4.69) is 25.7 Å². The molecular formula is C24H27FN6O3S. The van der Waals surface area contributed by atoms with E-state index in [1.54, 1.807) is 11.1 Å². The second-order valence-electron chi connectivity index (χ2n) is 9.06. The fourth-order valence-corrected chi connectivity index (χ4v) is 5.37. The number of anilines is 1. The molecule has 2 N–H and O–H groups in total. The van der Waals surface area contributed by atoms with Gasteiger partial charge >= 0.3 is 0 Å². The number of fused-ring (bicyclic) bond motifs is 1. The Kier molecular flexibility index (Phi) is 6.87. The number of pyridine rings is 1. The summed E-state index contributed by atoms with van der Waals surface area (Å²) in [6.07, 6.45) is 7.54. The molecule has 2 amide bonds. The third kappa shape index (κ3) is 5.25. The van der Waals surface area contributed by atoms with Crippen LogP contribution in [0, 0.1) is 11.7 Å². The van der Waals surface area contributed by atoms with E-state index in [1.807, 2.05) is 18.4 Å². The summed E-state index contributed by atoms with van der Waals surface area (Å²) in [7, 11) is 0.